The van der Waals surface area contributed by atoms with Crippen molar-refractivity contribution in [3.63, 3.8) is 0 Å². The van der Waals surface area contributed by atoms with E-state index in [-0.39, 0.29) is 5.91 Å². The first-order chi connectivity index (χ1) is 9.29. The van der Waals surface area contributed by atoms with Crippen LogP contribution >= 0.6 is 0 Å². The summed E-state index contributed by atoms with van der Waals surface area (Å²) in [5.74, 6) is -0.136. The van der Waals surface area contributed by atoms with Crippen molar-refractivity contribution in [1.29, 1.82) is 0 Å². The van der Waals surface area contributed by atoms with E-state index in [0.717, 1.165) is 31.6 Å². The first-order valence-corrected chi connectivity index (χ1v) is 6.65. The summed E-state index contributed by atoms with van der Waals surface area (Å²) in [6, 6.07) is 0.436. The van der Waals surface area contributed by atoms with Crippen LogP contribution < -0.4 is 10.6 Å². The lowest BCUT2D eigenvalue weighted by molar-refractivity contribution is -0.111. The molecule has 0 unspecified atom stereocenters. The molecule has 0 bridgehead atoms. The van der Waals surface area contributed by atoms with Gasteiger partial charge in [0.15, 0.2) is 0 Å². The minimum Gasteiger partial charge on any atom is -0.320 e. The summed E-state index contributed by atoms with van der Waals surface area (Å²) in [5, 5.41) is 10.5. The van der Waals surface area contributed by atoms with E-state index in [1.165, 1.54) is 6.08 Å². The molecule has 0 aromatic carbocycles. The molecular formula is C14H20N4O. The van der Waals surface area contributed by atoms with Gasteiger partial charge in [0, 0.05) is 12.3 Å². The van der Waals surface area contributed by atoms with Gasteiger partial charge in [0.05, 0.1) is 17.9 Å². The van der Waals surface area contributed by atoms with Crippen LogP contribution in [0.2, 0.25) is 0 Å². The largest absolute Gasteiger partial charge is 0.320 e. The highest BCUT2D eigenvalue weighted by Gasteiger charge is 2.15. The molecule has 0 saturated carbocycles. The van der Waals surface area contributed by atoms with E-state index in [4.69, 9.17) is 0 Å². The molecule has 1 amide bonds. The molecule has 2 rings (SSSR count). The molecule has 1 aromatic rings. The summed E-state index contributed by atoms with van der Waals surface area (Å²) in [7, 11) is 0. The maximum Gasteiger partial charge on any atom is 0.248 e. The molecule has 1 aliphatic rings. The predicted octanol–water partition coefficient (Wildman–Crippen LogP) is 1.88. The Kier molecular flexibility index (Phi) is 4.92. The second kappa shape index (κ2) is 6.89. The van der Waals surface area contributed by atoms with Gasteiger partial charge in [-0.3, -0.25) is 9.48 Å². The summed E-state index contributed by atoms with van der Waals surface area (Å²) >= 11 is 0. The summed E-state index contributed by atoms with van der Waals surface area (Å²) < 4.78 is 1.95. The molecule has 19 heavy (non-hydrogen) atoms. The molecule has 102 valence electrons. The average molecular weight is 260 g/mol. The normalized spacial score (nSPS) is 17.3. The van der Waals surface area contributed by atoms with Crippen molar-refractivity contribution < 1.29 is 4.79 Å². The van der Waals surface area contributed by atoms with E-state index >= 15 is 0 Å². The van der Waals surface area contributed by atoms with Crippen molar-refractivity contribution >= 4 is 11.6 Å². The Morgan fingerprint density at radius 1 is 1.47 bits per heavy atom. The minimum absolute atomic E-state index is 0.136. The highest BCUT2D eigenvalue weighted by Crippen LogP contribution is 2.19. The zero-order valence-corrected chi connectivity index (χ0v) is 11.2. The number of rotatable bonds is 4. The highest BCUT2D eigenvalue weighted by atomic mass is 16.1. The smallest absolute Gasteiger partial charge is 0.248 e. The fourth-order valence-corrected chi connectivity index (χ4v) is 2.11. The Labute approximate surface area is 113 Å². The van der Waals surface area contributed by atoms with Crippen LogP contribution in [-0.4, -0.2) is 28.8 Å². The van der Waals surface area contributed by atoms with Gasteiger partial charge in [0.1, 0.15) is 0 Å². The second-order valence-corrected chi connectivity index (χ2v) is 4.56. The first kappa shape index (κ1) is 13.5. The molecule has 2 heterocycles. The standard InChI is InChI=1S/C14H20N4O/c1-2-3-4-5-14(19)17-12-10-16-18(11-12)13-6-8-15-9-7-13/h2-5,10-11,13,15H,6-9H2,1H3,(H,17,19). The maximum absolute atomic E-state index is 11.6. The van der Waals surface area contributed by atoms with E-state index in [1.807, 2.05) is 30.0 Å². The fourth-order valence-electron chi connectivity index (χ4n) is 2.11. The molecule has 1 fully saturated rings. The fraction of sp³-hybridized carbons (Fsp3) is 0.429. The number of piperidine rings is 1. The maximum atomic E-state index is 11.6. The molecule has 5 heteroatoms. The molecular weight excluding hydrogens is 240 g/mol. The average Bonchev–Trinajstić information content (AvgIpc) is 2.88. The molecule has 1 saturated heterocycles. The number of carbonyl (C=O) groups is 1. The van der Waals surface area contributed by atoms with Crippen molar-refractivity contribution in [2.45, 2.75) is 25.8 Å². The molecule has 1 aliphatic heterocycles. The van der Waals surface area contributed by atoms with Gasteiger partial charge in [0.2, 0.25) is 5.91 Å². The van der Waals surface area contributed by atoms with E-state index in [0.29, 0.717) is 6.04 Å². The van der Waals surface area contributed by atoms with Crippen LogP contribution in [0.1, 0.15) is 25.8 Å². The lowest BCUT2D eigenvalue weighted by Gasteiger charge is -2.22. The Bertz CT molecular complexity index is 470. The number of nitrogens with zero attached hydrogens (tertiary/aromatic N) is 2. The lowest BCUT2D eigenvalue weighted by atomic mass is 10.1. The van der Waals surface area contributed by atoms with Crippen molar-refractivity contribution in [2.24, 2.45) is 0 Å². The summed E-state index contributed by atoms with van der Waals surface area (Å²) in [4.78, 5) is 11.6. The first-order valence-electron chi connectivity index (χ1n) is 6.65. The number of hydrogen-bond acceptors (Lipinski definition) is 3. The Hall–Kier alpha value is -1.88. The molecule has 2 N–H and O–H groups in total. The number of aromatic nitrogens is 2. The zero-order chi connectivity index (χ0) is 13.5. The van der Waals surface area contributed by atoms with Crippen LogP contribution in [0.3, 0.4) is 0 Å². The Morgan fingerprint density at radius 2 is 2.26 bits per heavy atom. The van der Waals surface area contributed by atoms with E-state index in [9.17, 15) is 4.79 Å². The van der Waals surface area contributed by atoms with Gasteiger partial charge >= 0.3 is 0 Å². The van der Waals surface area contributed by atoms with Gasteiger partial charge < -0.3 is 10.6 Å². The van der Waals surface area contributed by atoms with Gasteiger partial charge in [0.25, 0.3) is 0 Å². The molecule has 0 atom stereocenters. The molecule has 1 aromatic heterocycles. The molecule has 0 spiro atoms. The quantitative estimate of drug-likeness (QED) is 0.642. The van der Waals surface area contributed by atoms with Crippen LogP contribution in [-0.2, 0) is 4.79 Å². The monoisotopic (exact) mass is 260 g/mol. The highest BCUT2D eigenvalue weighted by molar-refractivity contribution is 5.99. The van der Waals surface area contributed by atoms with E-state index in [2.05, 4.69) is 15.7 Å². The van der Waals surface area contributed by atoms with Crippen LogP contribution in [0.15, 0.2) is 36.7 Å². The van der Waals surface area contributed by atoms with Crippen LogP contribution in [0, 0.1) is 0 Å². The van der Waals surface area contributed by atoms with Crippen LogP contribution in [0.25, 0.3) is 0 Å². The van der Waals surface area contributed by atoms with Gasteiger partial charge in [-0.1, -0.05) is 18.2 Å². The van der Waals surface area contributed by atoms with Crippen molar-refractivity contribution in [1.82, 2.24) is 15.1 Å². The van der Waals surface area contributed by atoms with Gasteiger partial charge in [-0.25, -0.2) is 0 Å². The number of allylic oxidation sites excluding steroid dienone is 3. The van der Waals surface area contributed by atoms with Crippen LogP contribution in [0.5, 0.6) is 0 Å². The third-order valence-corrected chi connectivity index (χ3v) is 3.10. The Balaban J connectivity index is 1.91. The lowest BCUT2D eigenvalue weighted by Crippen LogP contribution is -2.29. The SMILES string of the molecule is CC=CC=CC(=O)Nc1cnn(C2CCNCC2)c1. The van der Waals surface area contributed by atoms with Crippen molar-refractivity contribution in [2.75, 3.05) is 18.4 Å². The summed E-state index contributed by atoms with van der Waals surface area (Å²) in [6.45, 7) is 3.96. The number of carbonyl (C=O) groups excluding carboxylic acids is 1. The molecule has 0 radical (unpaired) electrons. The number of hydrogen-bond donors (Lipinski definition) is 2. The molecule has 0 aliphatic carbocycles. The van der Waals surface area contributed by atoms with Gasteiger partial charge in [-0.15, -0.1) is 0 Å². The van der Waals surface area contributed by atoms with Gasteiger partial charge in [-0.2, -0.15) is 5.10 Å². The zero-order valence-electron chi connectivity index (χ0n) is 11.2. The third kappa shape index (κ3) is 4.06. The minimum atomic E-state index is -0.136. The summed E-state index contributed by atoms with van der Waals surface area (Å²) in [6.07, 6.45) is 12.7. The molecule has 5 nitrogen and oxygen atoms in total. The van der Waals surface area contributed by atoms with E-state index < -0.39 is 0 Å². The van der Waals surface area contributed by atoms with Gasteiger partial charge in [-0.05, 0) is 32.9 Å². The summed E-state index contributed by atoms with van der Waals surface area (Å²) in [5.41, 5.74) is 0.744. The predicted molar refractivity (Wildman–Crippen MR) is 76.0 cm³/mol. The second-order valence-electron chi connectivity index (χ2n) is 4.56. The van der Waals surface area contributed by atoms with Crippen molar-refractivity contribution in [3.8, 4) is 0 Å². The Morgan fingerprint density at radius 3 is 3.00 bits per heavy atom. The van der Waals surface area contributed by atoms with Crippen LogP contribution in [0.4, 0.5) is 5.69 Å². The third-order valence-electron chi connectivity index (χ3n) is 3.10. The van der Waals surface area contributed by atoms with E-state index in [1.54, 1.807) is 12.3 Å². The topological polar surface area (TPSA) is 59.0 Å². The van der Waals surface area contributed by atoms with Crippen molar-refractivity contribution in [3.05, 3.63) is 36.7 Å². The number of amides is 1. The number of nitrogens with one attached hydrogen (secondary N) is 2. The number of anilines is 1.